The molecule has 5 rings (SSSR count). The van der Waals surface area contributed by atoms with Crippen molar-refractivity contribution in [1.82, 2.24) is 14.9 Å². The van der Waals surface area contributed by atoms with Gasteiger partial charge in [-0.2, -0.15) is 0 Å². The Morgan fingerprint density at radius 1 is 0.848 bits per heavy atom. The highest BCUT2D eigenvalue weighted by atomic mass is 32.1. The van der Waals surface area contributed by atoms with Crippen LogP contribution in [0.2, 0.25) is 0 Å². The molecular formula is C26H24N4O2S. The largest absolute Gasteiger partial charge is 0.497 e. The van der Waals surface area contributed by atoms with Gasteiger partial charge in [-0.1, -0.05) is 12.1 Å². The summed E-state index contributed by atoms with van der Waals surface area (Å²) in [6.45, 7) is 0. The minimum absolute atomic E-state index is 0.128. The average Bonchev–Trinajstić information content (AvgIpc) is 3.49. The second-order valence-corrected chi connectivity index (χ2v) is 8.09. The number of benzene rings is 2. The molecule has 0 saturated carbocycles. The van der Waals surface area contributed by atoms with Crippen molar-refractivity contribution in [2.45, 2.75) is 12.1 Å². The van der Waals surface area contributed by atoms with E-state index in [2.05, 4.69) is 50.2 Å². The maximum absolute atomic E-state index is 5.84. The normalized spacial score (nSPS) is 17.6. The van der Waals surface area contributed by atoms with Gasteiger partial charge < -0.3 is 24.3 Å². The highest BCUT2D eigenvalue weighted by Crippen LogP contribution is 2.42. The molecule has 4 aromatic rings. The monoisotopic (exact) mass is 456 g/mol. The molecule has 3 heterocycles. The second kappa shape index (κ2) is 8.96. The summed E-state index contributed by atoms with van der Waals surface area (Å²) in [5, 5.41) is 4.16. The standard InChI is InChI=1S/C26H24N4O2S/c1-31-20-13-11-18(12-14-20)29-16-6-10-23(29)25-24(22-9-3-4-15-27-22)28-26(33)30(25)19-7-5-8-21(17-19)32-2/h3-17,24-25H,1-2H3,(H,28,33)/t24-,25-/m1/s1. The van der Waals surface area contributed by atoms with Gasteiger partial charge >= 0.3 is 0 Å². The number of anilines is 1. The lowest BCUT2D eigenvalue weighted by atomic mass is 10.0. The van der Waals surface area contributed by atoms with Gasteiger partial charge in [-0.3, -0.25) is 4.98 Å². The smallest absolute Gasteiger partial charge is 0.174 e. The number of hydrogen-bond donors (Lipinski definition) is 1. The second-order valence-electron chi connectivity index (χ2n) is 7.70. The summed E-state index contributed by atoms with van der Waals surface area (Å²) >= 11 is 5.84. The van der Waals surface area contributed by atoms with E-state index in [1.165, 1.54) is 0 Å². The lowest BCUT2D eigenvalue weighted by molar-refractivity contribution is 0.414. The summed E-state index contributed by atoms with van der Waals surface area (Å²) in [5.74, 6) is 1.60. The molecule has 0 radical (unpaired) electrons. The third-order valence-corrected chi connectivity index (χ3v) is 6.18. The number of rotatable bonds is 6. The molecular weight excluding hydrogens is 432 g/mol. The van der Waals surface area contributed by atoms with Crippen molar-refractivity contribution in [2.75, 3.05) is 19.1 Å². The Kier molecular flexibility index (Phi) is 5.71. The zero-order valence-electron chi connectivity index (χ0n) is 18.4. The van der Waals surface area contributed by atoms with E-state index in [0.717, 1.165) is 34.3 Å². The Hall–Kier alpha value is -3.84. The first kappa shape index (κ1) is 21.0. The van der Waals surface area contributed by atoms with Crippen LogP contribution in [0.25, 0.3) is 5.69 Å². The first-order valence-corrected chi connectivity index (χ1v) is 11.1. The number of aromatic nitrogens is 2. The van der Waals surface area contributed by atoms with Crippen molar-refractivity contribution >= 4 is 23.0 Å². The molecule has 2 aromatic carbocycles. The molecule has 1 aliphatic rings. The van der Waals surface area contributed by atoms with E-state index in [1.54, 1.807) is 14.2 Å². The van der Waals surface area contributed by atoms with E-state index in [9.17, 15) is 0 Å². The number of pyridine rings is 1. The van der Waals surface area contributed by atoms with Crippen molar-refractivity contribution < 1.29 is 9.47 Å². The van der Waals surface area contributed by atoms with Crippen LogP contribution in [0, 0.1) is 0 Å². The highest BCUT2D eigenvalue weighted by Gasteiger charge is 2.42. The SMILES string of the molecule is COc1ccc(-n2cccc2[C@@H]2[C@@H](c3ccccn3)NC(=S)N2c2cccc(OC)c2)cc1. The van der Waals surface area contributed by atoms with Gasteiger partial charge in [0.05, 0.1) is 26.0 Å². The minimum Gasteiger partial charge on any atom is -0.497 e. The summed E-state index contributed by atoms with van der Waals surface area (Å²) in [6.07, 6.45) is 3.88. The number of methoxy groups -OCH3 is 2. The topological polar surface area (TPSA) is 51.5 Å². The van der Waals surface area contributed by atoms with Gasteiger partial charge in [-0.25, -0.2) is 0 Å². The molecule has 7 heteroatoms. The van der Waals surface area contributed by atoms with Gasteiger partial charge in [-0.05, 0) is 72.9 Å². The molecule has 2 aromatic heterocycles. The summed E-state index contributed by atoms with van der Waals surface area (Å²) in [6, 6.07) is 25.9. The molecule has 166 valence electrons. The van der Waals surface area contributed by atoms with Crippen molar-refractivity contribution in [3.63, 3.8) is 0 Å². The summed E-state index contributed by atoms with van der Waals surface area (Å²) in [5.41, 5.74) is 4.01. The number of nitrogens with one attached hydrogen (secondary N) is 1. The lowest BCUT2D eigenvalue weighted by Crippen LogP contribution is -2.30. The van der Waals surface area contributed by atoms with Crippen LogP contribution in [0.4, 0.5) is 5.69 Å². The number of hydrogen-bond acceptors (Lipinski definition) is 4. The van der Waals surface area contributed by atoms with Crippen LogP contribution in [0.15, 0.2) is 91.3 Å². The third kappa shape index (κ3) is 3.91. The Morgan fingerprint density at radius 2 is 1.67 bits per heavy atom. The molecule has 2 atom stereocenters. The van der Waals surface area contributed by atoms with Crippen LogP contribution in [-0.4, -0.2) is 28.9 Å². The number of ether oxygens (including phenoxy) is 2. The molecule has 0 unspecified atom stereocenters. The van der Waals surface area contributed by atoms with Gasteiger partial charge in [-0.15, -0.1) is 0 Å². The van der Waals surface area contributed by atoms with E-state index >= 15 is 0 Å². The van der Waals surface area contributed by atoms with Crippen LogP contribution < -0.4 is 19.7 Å². The maximum atomic E-state index is 5.84. The quantitative estimate of drug-likeness (QED) is 0.409. The molecule has 33 heavy (non-hydrogen) atoms. The Bertz CT molecular complexity index is 1260. The first-order valence-electron chi connectivity index (χ1n) is 10.7. The van der Waals surface area contributed by atoms with Gasteiger partial charge in [0.1, 0.15) is 17.5 Å². The Balaban J connectivity index is 1.64. The predicted molar refractivity (Wildman–Crippen MR) is 133 cm³/mol. The molecule has 0 spiro atoms. The van der Waals surface area contributed by atoms with Crippen molar-refractivity contribution in [3.05, 3.63) is 103 Å². The zero-order chi connectivity index (χ0) is 22.8. The predicted octanol–water partition coefficient (Wildman–Crippen LogP) is 5.07. The van der Waals surface area contributed by atoms with Crippen LogP contribution in [0.3, 0.4) is 0 Å². The maximum Gasteiger partial charge on any atom is 0.174 e. The van der Waals surface area contributed by atoms with E-state index in [4.69, 9.17) is 21.7 Å². The summed E-state index contributed by atoms with van der Waals surface area (Å²) < 4.78 is 13.0. The minimum atomic E-state index is -0.128. The molecule has 6 nitrogen and oxygen atoms in total. The Labute approximate surface area is 198 Å². The Morgan fingerprint density at radius 3 is 2.39 bits per heavy atom. The lowest BCUT2D eigenvalue weighted by Gasteiger charge is -2.29. The molecule has 1 N–H and O–H groups in total. The molecule has 0 bridgehead atoms. The average molecular weight is 457 g/mol. The zero-order valence-corrected chi connectivity index (χ0v) is 19.2. The first-order chi connectivity index (χ1) is 16.2. The van der Waals surface area contributed by atoms with Crippen LogP contribution in [0.5, 0.6) is 11.5 Å². The fourth-order valence-electron chi connectivity index (χ4n) is 4.31. The van der Waals surface area contributed by atoms with Crippen LogP contribution in [-0.2, 0) is 0 Å². The van der Waals surface area contributed by atoms with E-state index in [1.807, 2.05) is 60.8 Å². The molecule has 0 amide bonds. The van der Waals surface area contributed by atoms with Gasteiger partial charge in [0.15, 0.2) is 5.11 Å². The van der Waals surface area contributed by atoms with Crippen LogP contribution in [0.1, 0.15) is 23.5 Å². The number of nitrogens with zero attached hydrogens (tertiary/aromatic N) is 3. The van der Waals surface area contributed by atoms with Crippen LogP contribution >= 0.6 is 12.2 Å². The van der Waals surface area contributed by atoms with E-state index in [0.29, 0.717) is 5.11 Å². The molecule has 0 aliphatic carbocycles. The molecule has 1 aliphatic heterocycles. The summed E-state index contributed by atoms with van der Waals surface area (Å²) in [7, 11) is 3.34. The van der Waals surface area contributed by atoms with Crippen molar-refractivity contribution in [2.24, 2.45) is 0 Å². The summed E-state index contributed by atoms with van der Waals surface area (Å²) in [4.78, 5) is 6.79. The van der Waals surface area contributed by atoms with Gasteiger partial charge in [0, 0.05) is 35.5 Å². The fraction of sp³-hybridized carbons (Fsp3) is 0.154. The van der Waals surface area contributed by atoms with Crippen molar-refractivity contribution in [3.8, 4) is 17.2 Å². The van der Waals surface area contributed by atoms with Crippen molar-refractivity contribution in [1.29, 1.82) is 0 Å². The third-order valence-electron chi connectivity index (χ3n) is 5.86. The van der Waals surface area contributed by atoms with E-state index < -0.39 is 0 Å². The van der Waals surface area contributed by atoms with E-state index in [-0.39, 0.29) is 12.1 Å². The number of thiocarbonyl (C=S) groups is 1. The van der Waals surface area contributed by atoms with Gasteiger partial charge in [0.25, 0.3) is 0 Å². The molecule has 1 saturated heterocycles. The highest BCUT2D eigenvalue weighted by molar-refractivity contribution is 7.80. The fourth-order valence-corrected chi connectivity index (χ4v) is 4.65. The molecule has 1 fully saturated rings. The van der Waals surface area contributed by atoms with Gasteiger partial charge in [0.2, 0.25) is 0 Å².